The van der Waals surface area contributed by atoms with E-state index in [9.17, 15) is 9.90 Å². The summed E-state index contributed by atoms with van der Waals surface area (Å²) >= 11 is 5.92. The van der Waals surface area contributed by atoms with Gasteiger partial charge in [0.05, 0.1) is 12.1 Å². The third kappa shape index (κ3) is 3.62. The van der Waals surface area contributed by atoms with Gasteiger partial charge >= 0.3 is 0 Å². The van der Waals surface area contributed by atoms with Gasteiger partial charge < -0.3 is 10.4 Å². The van der Waals surface area contributed by atoms with E-state index in [4.69, 9.17) is 11.6 Å². The van der Waals surface area contributed by atoms with Crippen molar-refractivity contribution in [2.75, 3.05) is 6.61 Å². The van der Waals surface area contributed by atoms with Crippen LogP contribution < -0.4 is 5.32 Å². The summed E-state index contributed by atoms with van der Waals surface area (Å²) in [6, 6.07) is 7.35. The van der Waals surface area contributed by atoms with E-state index in [2.05, 4.69) is 5.32 Å². The molecule has 0 heterocycles. The lowest BCUT2D eigenvalue weighted by molar-refractivity contribution is -0.119. The van der Waals surface area contributed by atoms with Gasteiger partial charge in [0.25, 0.3) is 0 Å². The highest BCUT2D eigenvalue weighted by molar-refractivity contribution is 6.30. The van der Waals surface area contributed by atoms with E-state index >= 15 is 0 Å². The van der Waals surface area contributed by atoms with E-state index in [1.54, 1.807) is 19.1 Å². The molecular formula is C16H20ClNO2. The number of benzene rings is 1. The van der Waals surface area contributed by atoms with Crippen molar-refractivity contribution in [1.29, 1.82) is 0 Å². The number of rotatable bonds is 5. The number of halogens is 1. The predicted molar refractivity (Wildman–Crippen MR) is 81.5 cm³/mol. The molecular weight excluding hydrogens is 274 g/mol. The number of carbonyl (C=O) groups excluding carboxylic acids is 1. The van der Waals surface area contributed by atoms with E-state index in [-0.39, 0.29) is 12.5 Å². The maximum Gasteiger partial charge on any atom is 0.247 e. The van der Waals surface area contributed by atoms with Crippen LogP contribution in [0.1, 0.15) is 32.3 Å². The fourth-order valence-corrected chi connectivity index (χ4v) is 2.46. The molecule has 1 aromatic carbocycles. The van der Waals surface area contributed by atoms with Crippen molar-refractivity contribution in [3.63, 3.8) is 0 Å². The highest BCUT2D eigenvalue weighted by atomic mass is 35.5. The highest BCUT2D eigenvalue weighted by Crippen LogP contribution is 2.39. The van der Waals surface area contributed by atoms with E-state index in [0.717, 1.165) is 18.4 Å². The molecule has 1 amide bonds. The summed E-state index contributed by atoms with van der Waals surface area (Å²) in [6.07, 6.45) is 3.93. The van der Waals surface area contributed by atoms with Crippen molar-refractivity contribution in [3.05, 3.63) is 40.4 Å². The maximum absolute atomic E-state index is 12.2. The van der Waals surface area contributed by atoms with E-state index in [0.29, 0.717) is 16.5 Å². The molecule has 3 nitrogen and oxygen atoms in total. The maximum atomic E-state index is 12.2. The molecule has 0 saturated heterocycles. The minimum Gasteiger partial charge on any atom is -0.394 e. The minimum absolute atomic E-state index is 0.0339. The van der Waals surface area contributed by atoms with Crippen LogP contribution in [0.4, 0.5) is 0 Å². The number of hydrogen-bond acceptors (Lipinski definition) is 2. The minimum atomic E-state index is -0.513. The topological polar surface area (TPSA) is 49.3 Å². The first-order chi connectivity index (χ1) is 9.44. The molecule has 108 valence electrons. The fourth-order valence-electron chi connectivity index (χ4n) is 2.26. The smallest absolute Gasteiger partial charge is 0.247 e. The summed E-state index contributed by atoms with van der Waals surface area (Å²) in [4.78, 5) is 12.2. The Kier molecular flexibility index (Phi) is 4.51. The summed E-state index contributed by atoms with van der Waals surface area (Å²) in [5.41, 5.74) is 0.982. The van der Waals surface area contributed by atoms with Crippen molar-refractivity contribution in [2.24, 2.45) is 5.92 Å². The van der Waals surface area contributed by atoms with Crippen molar-refractivity contribution in [1.82, 2.24) is 5.32 Å². The average Bonchev–Trinajstić information content (AvgIpc) is 3.23. The number of aliphatic hydroxyl groups is 1. The molecule has 1 unspecified atom stereocenters. The molecule has 1 fully saturated rings. The highest BCUT2D eigenvalue weighted by Gasteiger charge is 2.42. The Morgan fingerprint density at radius 2 is 2.25 bits per heavy atom. The third-order valence-corrected chi connectivity index (χ3v) is 4.03. The van der Waals surface area contributed by atoms with Gasteiger partial charge in [-0.2, -0.15) is 0 Å². The molecule has 20 heavy (non-hydrogen) atoms. The summed E-state index contributed by atoms with van der Waals surface area (Å²) in [5, 5.41) is 13.1. The second-order valence-electron chi connectivity index (χ2n) is 5.69. The Balaban J connectivity index is 2.08. The summed E-state index contributed by atoms with van der Waals surface area (Å²) < 4.78 is 0. The van der Waals surface area contributed by atoms with E-state index < -0.39 is 5.54 Å². The van der Waals surface area contributed by atoms with Crippen molar-refractivity contribution >= 4 is 23.6 Å². The molecule has 1 aliphatic carbocycles. The predicted octanol–water partition coefficient (Wildman–Crippen LogP) is 3.02. The Morgan fingerprint density at radius 1 is 1.55 bits per heavy atom. The quantitative estimate of drug-likeness (QED) is 0.820. The van der Waals surface area contributed by atoms with Crippen LogP contribution >= 0.6 is 11.6 Å². The zero-order valence-corrected chi connectivity index (χ0v) is 12.6. The number of aliphatic hydroxyl groups excluding tert-OH is 1. The lowest BCUT2D eigenvalue weighted by Crippen LogP contribution is -2.51. The standard InChI is InChI=1S/C16H20ClNO2/c1-11(8-12-4-3-5-14(17)9-12)15(20)18-16(2,10-19)13-6-7-13/h3-5,8-9,13,19H,6-7,10H2,1-2H3,(H,18,20)/b11-8-. The van der Waals surface area contributed by atoms with Gasteiger partial charge in [-0.05, 0) is 56.4 Å². The summed E-state index contributed by atoms with van der Waals surface area (Å²) in [5.74, 6) is 0.240. The zero-order chi connectivity index (χ0) is 14.8. The lowest BCUT2D eigenvalue weighted by Gasteiger charge is -2.29. The van der Waals surface area contributed by atoms with E-state index in [1.165, 1.54) is 0 Å². The normalized spacial score (nSPS) is 18.5. The molecule has 0 radical (unpaired) electrons. The fraction of sp³-hybridized carbons (Fsp3) is 0.438. The van der Waals surface area contributed by atoms with Crippen molar-refractivity contribution < 1.29 is 9.90 Å². The molecule has 2 rings (SSSR count). The molecule has 1 aromatic rings. The van der Waals surface area contributed by atoms with E-state index in [1.807, 2.05) is 25.1 Å². The van der Waals surface area contributed by atoms with Crippen molar-refractivity contribution in [3.8, 4) is 0 Å². The van der Waals surface area contributed by atoms with Crippen LogP contribution in [0, 0.1) is 5.92 Å². The monoisotopic (exact) mass is 293 g/mol. The van der Waals surface area contributed by atoms with Gasteiger partial charge in [-0.25, -0.2) is 0 Å². The Labute approximate surface area is 124 Å². The van der Waals surface area contributed by atoms with Crippen LogP contribution in [-0.2, 0) is 4.79 Å². The number of nitrogens with one attached hydrogen (secondary N) is 1. The Bertz CT molecular complexity index is 537. The molecule has 1 saturated carbocycles. The number of hydrogen-bond donors (Lipinski definition) is 2. The molecule has 1 atom stereocenters. The van der Waals surface area contributed by atoms with Crippen LogP contribution in [-0.4, -0.2) is 23.2 Å². The lowest BCUT2D eigenvalue weighted by atomic mass is 9.96. The average molecular weight is 294 g/mol. The molecule has 0 aromatic heterocycles. The van der Waals surface area contributed by atoms with Gasteiger partial charge in [-0.15, -0.1) is 0 Å². The van der Waals surface area contributed by atoms with Crippen LogP contribution in [0.25, 0.3) is 6.08 Å². The third-order valence-electron chi connectivity index (χ3n) is 3.80. The van der Waals surface area contributed by atoms with Gasteiger partial charge in [0.2, 0.25) is 5.91 Å². The molecule has 4 heteroatoms. The van der Waals surface area contributed by atoms with Gasteiger partial charge in [0.15, 0.2) is 0 Å². The molecule has 0 aliphatic heterocycles. The second kappa shape index (κ2) is 5.98. The molecule has 0 spiro atoms. The Hall–Kier alpha value is -1.32. The van der Waals surface area contributed by atoms with Gasteiger partial charge in [0, 0.05) is 10.6 Å². The first kappa shape index (κ1) is 15.1. The SMILES string of the molecule is C/C(=C/c1cccc(Cl)c1)C(=O)NC(C)(CO)C1CC1. The summed E-state index contributed by atoms with van der Waals surface area (Å²) in [7, 11) is 0. The zero-order valence-electron chi connectivity index (χ0n) is 11.8. The largest absolute Gasteiger partial charge is 0.394 e. The van der Waals surface area contributed by atoms with Crippen LogP contribution in [0.3, 0.4) is 0 Å². The molecule has 1 aliphatic rings. The first-order valence-electron chi connectivity index (χ1n) is 6.82. The molecule has 2 N–H and O–H groups in total. The number of carbonyl (C=O) groups is 1. The van der Waals surface area contributed by atoms with Gasteiger partial charge in [-0.1, -0.05) is 23.7 Å². The molecule has 0 bridgehead atoms. The Morgan fingerprint density at radius 3 is 2.80 bits per heavy atom. The van der Waals surface area contributed by atoms with Crippen LogP contribution in [0.5, 0.6) is 0 Å². The second-order valence-corrected chi connectivity index (χ2v) is 6.12. The van der Waals surface area contributed by atoms with Gasteiger partial charge in [0.1, 0.15) is 0 Å². The van der Waals surface area contributed by atoms with Crippen LogP contribution in [0.2, 0.25) is 5.02 Å². The van der Waals surface area contributed by atoms with Gasteiger partial charge in [-0.3, -0.25) is 4.79 Å². The first-order valence-corrected chi connectivity index (χ1v) is 7.19. The van der Waals surface area contributed by atoms with Crippen LogP contribution in [0.15, 0.2) is 29.8 Å². The van der Waals surface area contributed by atoms with Crippen molar-refractivity contribution in [2.45, 2.75) is 32.2 Å². The summed E-state index contributed by atoms with van der Waals surface area (Å²) in [6.45, 7) is 3.63. The number of amides is 1.